The molecule has 1 saturated heterocycles. The fourth-order valence-electron chi connectivity index (χ4n) is 3.00. The maximum absolute atomic E-state index is 12.8. The van der Waals surface area contributed by atoms with Crippen LogP contribution in [0.4, 0.5) is 5.69 Å². The van der Waals surface area contributed by atoms with Gasteiger partial charge >= 0.3 is 0 Å². The molecular weight excluding hydrogens is 392 g/mol. The van der Waals surface area contributed by atoms with Crippen molar-refractivity contribution in [2.24, 2.45) is 5.92 Å². The Bertz CT molecular complexity index is 741. The topological polar surface area (TPSA) is 32.8 Å². The minimum Gasteiger partial charge on any atom is -0.492 e. The van der Waals surface area contributed by atoms with Crippen LogP contribution in [0.25, 0.3) is 0 Å². The second-order valence-corrected chi connectivity index (χ2v) is 7.82. The summed E-state index contributed by atoms with van der Waals surface area (Å²) in [5, 5.41) is 0. The van der Waals surface area contributed by atoms with Crippen molar-refractivity contribution in [2.45, 2.75) is 13.8 Å². The molecule has 3 rings (SSSR count). The summed E-state index contributed by atoms with van der Waals surface area (Å²) in [7, 11) is 0. The zero-order chi connectivity index (χ0) is 18.5. The number of ether oxygens (including phenoxy) is 1. The Morgan fingerprint density at radius 1 is 1.08 bits per heavy atom. The van der Waals surface area contributed by atoms with Crippen LogP contribution in [0.5, 0.6) is 5.75 Å². The monoisotopic (exact) mass is 416 g/mol. The van der Waals surface area contributed by atoms with E-state index in [1.165, 1.54) is 5.69 Å². The predicted molar refractivity (Wildman–Crippen MR) is 109 cm³/mol. The van der Waals surface area contributed by atoms with Gasteiger partial charge in [-0.1, -0.05) is 32.0 Å². The first-order valence-corrected chi connectivity index (χ1v) is 9.85. The van der Waals surface area contributed by atoms with Crippen molar-refractivity contribution in [1.82, 2.24) is 4.90 Å². The van der Waals surface area contributed by atoms with E-state index >= 15 is 0 Å². The molecule has 1 fully saturated rings. The third kappa shape index (κ3) is 4.58. The van der Waals surface area contributed by atoms with Gasteiger partial charge in [0.1, 0.15) is 5.75 Å². The van der Waals surface area contributed by atoms with Gasteiger partial charge in [-0.3, -0.25) is 4.79 Å². The molecule has 0 aliphatic carbocycles. The van der Waals surface area contributed by atoms with E-state index in [9.17, 15) is 4.79 Å². The van der Waals surface area contributed by atoms with Crippen LogP contribution in [0.2, 0.25) is 0 Å². The van der Waals surface area contributed by atoms with Gasteiger partial charge in [0.15, 0.2) is 0 Å². The highest BCUT2D eigenvalue weighted by molar-refractivity contribution is 9.10. The van der Waals surface area contributed by atoms with Crippen LogP contribution in [0.3, 0.4) is 0 Å². The zero-order valence-electron chi connectivity index (χ0n) is 15.3. The molecule has 2 aromatic rings. The van der Waals surface area contributed by atoms with Crippen LogP contribution < -0.4 is 9.64 Å². The van der Waals surface area contributed by atoms with Gasteiger partial charge in [0.2, 0.25) is 0 Å². The number of para-hydroxylation sites is 1. The summed E-state index contributed by atoms with van der Waals surface area (Å²) in [6.45, 7) is 8.06. The highest BCUT2D eigenvalue weighted by Gasteiger charge is 2.22. The van der Waals surface area contributed by atoms with Gasteiger partial charge in [0.25, 0.3) is 5.91 Å². The van der Waals surface area contributed by atoms with Gasteiger partial charge in [-0.15, -0.1) is 0 Å². The fourth-order valence-corrected chi connectivity index (χ4v) is 3.49. The summed E-state index contributed by atoms with van der Waals surface area (Å²) >= 11 is 3.53. The predicted octanol–water partition coefficient (Wildman–Crippen LogP) is 4.45. The largest absolute Gasteiger partial charge is 0.492 e. The van der Waals surface area contributed by atoms with Crippen molar-refractivity contribution in [3.8, 4) is 5.75 Å². The van der Waals surface area contributed by atoms with Gasteiger partial charge in [-0.2, -0.15) is 0 Å². The van der Waals surface area contributed by atoms with Crippen molar-refractivity contribution < 1.29 is 9.53 Å². The Balaban J connectivity index is 1.61. The van der Waals surface area contributed by atoms with Gasteiger partial charge in [-0.05, 0) is 52.2 Å². The first-order chi connectivity index (χ1) is 12.5. The van der Waals surface area contributed by atoms with Gasteiger partial charge in [-0.25, -0.2) is 0 Å². The number of benzene rings is 2. The average Bonchev–Trinajstić information content (AvgIpc) is 2.67. The molecule has 1 heterocycles. The number of halogens is 1. The van der Waals surface area contributed by atoms with Crippen molar-refractivity contribution >= 4 is 27.5 Å². The van der Waals surface area contributed by atoms with Crippen LogP contribution in [-0.4, -0.2) is 43.6 Å². The number of amides is 1. The SMILES string of the molecule is CC(C)COc1ccc(C(=O)N2CCN(c3ccccc3)CC2)cc1Br. The lowest BCUT2D eigenvalue weighted by molar-refractivity contribution is 0.0746. The first kappa shape index (κ1) is 18.8. The molecule has 0 atom stereocenters. The van der Waals surface area contributed by atoms with Gasteiger partial charge in [0.05, 0.1) is 11.1 Å². The summed E-state index contributed by atoms with van der Waals surface area (Å²) < 4.78 is 6.59. The van der Waals surface area contributed by atoms with Crippen LogP contribution in [-0.2, 0) is 0 Å². The van der Waals surface area contributed by atoms with Crippen molar-refractivity contribution in [1.29, 1.82) is 0 Å². The van der Waals surface area contributed by atoms with E-state index in [1.807, 2.05) is 41.3 Å². The molecule has 0 aromatic heterocycles. The molecule has 1 aliphatic heterocycles. The second-order valence-electron chi connectivity index (χ2n) is 6.96. The number of carbonyl (C=O) groups excluding carboxylic acids is 1. The van der Waals surface area contributed by atoms with Crippen molar-refractivity contribution in [3.05, 3.63) is 58.6 Å². The molecular formula is C21H25BrN2O2. The van der Waals surface area contributed by atoms with Crippen molar-refractivity contribution in [2.75, 3.05) is 37.7 Å². The van der Waals surface area contributed by atoms with Gasteiger partial charge < -0.3 is 14.5 Å². The Hall–Kier alpha value is -2.01. The van der Waals surface area contributed by atoms with E-state index in [0.29, 0.717) is 18.1 Å². The minimum absolute atomic E-state index is 0.0776. The Kier molecular flexibility index (Phi) is 6.20. The number of rotatable bonds is 5. The number of piperazine rings is 1. The van der Waals surface area contributed by atoms with Crippen LogP contribution >= 0.6 is 15.9 Å². The number of hydrogen-bond acceptors (Lipinski definition) is 3. The first-order valence-electron chi connectivity index (χ1n) is 9.06. The fraction of sp³-hybridized carbons (Fsp3) is 0.381. The molecule has 0 radical (unpaired) electrons. The molecule has 5 heteroatoms. The number of hydrogen-bond donors (Lipinski definition) is 0. The maximum atomic E-state index is 12.8. The molecule has 0 N–H and O–H groups in total. The normalized spacial score (nSPS) is 14.6. The third-order valence-electron chi connectivity index (χ3n) is 4.44. The number of anilines is 1. The molecule has 26 heavy (non-hydrogen) atoms. The highest BCUT2D eigenvalue weighted by Crippen LogP contribution is 2.27. The summed E-state index contributed by atoms with van der Waals surface area (Å²) in [4.78, 5) is 17.1. The Labute approximate surface area is 163 Å². The maximum Gasteiger partial charge on any atom is 0.254 e. The van der Waals surface area contributed by atoms with E-state index in [2.05, 4.69) is 46.8 Å². The van der Waals surface area contributed by atoms with E-state index in [-0.39, 0.29) is 5.91 Å². The Morgan fingerprint density at radius 3 is 2.38 bits per heavy atom. The lowest BCUT2D eigenvalue weighted by atomic mass is 10.1. The molecule has 1 amide bonds. The summed E-state index contributed by atoms with van der Waals surface area (Å²) in [5.74, 6) is 1.32. The average molecular weight is 417 g/mol. The molecule has 0 saturated carbocycles. The number of carbonyl (C=O) groups is 1. The standard InChI is InChI=1S/C21H25BrN2O2/c1-16(2)15-26-20-9-8-17(14-19(20)22)21(25)24-12-10-23(11-13-24)18-6-4-3-5-7-18/h3-9,14,16H,10-13,15H2,1-2H3. The zero-order valence-corrected chi connectivity index (χ0v) is 16.9. The van der Waals surface area contributed by atoms with E-state index < -0.39 is 0 Å². The van der Waals surface area contributed by atoms with Crippen molar-refractivity contribution in [3.63, 3.8) is 0 Å². The lowest BCUT2D eigenvalue weighted by Gasteiger charge is -2.36. The smallest absolute Gasteiger partial charge is 0.254 e. The van der Waals surface area contributed by atoms with E-state index in [0.717, 1.165) is 36.4 Å². The highest BCUT2D eigenvalue weighted by atomic mass is 79.9. The second kappa shape index (κ2) is 8.58. The summed E-state index contributed by atoms with van der Waals surface area (Å²) in [6.07, 6.45) is 0. The summed E-state index contributed by atoms with van der Waals surface area (Å²) in [5.41, 5.74) is 1.91. The molecule has 0 bridgehead atoms. The van der Waals surface area contributed by atoms with Crippen LogP contribution in [0.1, 0.15) is 24.2 Å². The summed E-state index contributed by atoms with van der Waals surface area (Å²) in [6, 6.07) is 15.9. The van der Waals surface area contributed by atoms with Crippen LogP contribution in [0, 0.1) is 5.92 Å². The Morgan fingerprint density at radius 2 is 1.77 bits per heavy atom. The molecule has 2 aromatic carbocycles. The minimum atomic E-state index is 0.0776. The molecule has 0 unspecified atom stereocenters. The van der Waals surface area contributed by atoms with Gasteiger partial charge in [0, 0.05) is 37.4 Å². The third-order valence-corrected chi connectivity index (χ3v) is 5.06. The molecule has 138 valence electrons. The molecule has 4 nitrogen and oxygen atoms in total. The van der Waals surface area contributed by atoms with Crippen LogP contribution in [0.15, 0.2) is 53.0 Å². The van der Waals surface area contributed by atoms with E-state index in [1.54, 1.807) is 0 Å². The quantitative estimate of drug-likeness (QED) is 0.721. The van der Waals surface area contributed by atoms with E-state index in [4.69, 9.17) is 4.74 Å². The molecule has 0 spiro atoms. The number of nitrogens with zero attached hydrogens (tertiary/aromatic N) is 2. The lowest BCUT2D eigenvalue weighted by Crippen LogP contribution is -2.48. The molecule has 1 aliphatic rings.